The van der Waals surface area contributed by atoms with Gasteiger partial charge in [0, 0.05) is 5.56 Å². The number of aliphatic hydroxyl groups is 1. The molecule has 1 aliphatic carbocycles. The maximum atomic E-state index is 11.8. The molecule has 92 valence electrons. The van der Waals surface area contributed by atoms with Gasteiger partial charge in [-0.2, -0.15) is 0 Å². The molecule has 2 rings (SSSR count). The third-order valence-corrected chi connectivity index (χ3v) is 3.13. The number of hydrogen-bond donors (Lipinski definition) is 1. The smallest absolute Gasteiger partial charge is 0.342 e. The average molecular weight is 236 g/mol. The van der Waals surface area contributed by atoms with Gasteiger partial charge in [0.25, 0.3) is 0 Å². The first-order chi connectivity index (χ1) is 8.11. The molecule has 0 aliphatic heterocycles. The fraction of sp³-hybridized carbons (Fsp3) is 0.462. The summed E-state index contributed by atoms with van der Waals surface area (Å²) in [6.45, 7) is 1.99. The van der Waals surface area contributed by atoms with Crippen molar-refractivity contribution >= 4 is 5.97 Å². The van der Waals surface area contributed by atoms with Crippen LogP contribution in [0, 0.1) is 0 Å². The second-order valence-electron chi connectivity index (χ2n) is 4.10. The molecule has 1 aliphatic rings. The Balaban J connectivity index is 2.40. The minimum Gasteiger partial charge on any atom is -0.497 e. The van der Waals surface area contributed by atoms with E-state index in [0.717, 1.165) is 5.56 Å². The largest absolute Gasteiger partial charge is 0.497 e. The molecule has 4 heteroatoms. The molecular weight excluding hydrogens is 220 g/mol. The molecule has 0 saturated heterocycles. The van der Waals surface area contributed by atoms with E-state index >= 15 is 0 Å². The zero-order valence-corrected chi connectivity index (χ0v) is 10.0. The molecule has 0 radical (unpaired) electrons. The van der Waals surface area contributed by atoms with Gasteiger partial charge in [-0.3, -0.25) is 0 Å². The Kier molecular flexibility index (Phi) is 3.07. The van der Waals surface area contributed by atoms with Gasteiger partial charge in [0.05, 0.1) is 13.7 Å². The van der Waals surface area contributed by atoms with Crippen molar-refractivity contribution in [3.8, 4) is 5.75 Å². The lowest BCUT2D eigenvalue weighted by Gasteiger charge is -2.21. The van der Waals surface area contributed by atoms with Crippen molar-refractivity contribution in [2.75, 3.05) is 13.7 Å². The first-order valence-corrected chi connectivity index (χ1v) is 5.69. The standard InChI is InChI=1S/C13H16O4/c1-3-17-12(14)13(15)7-6-9-4-5-10(16-2)8-11(9)13/h4-5,8,15H,3,6-7H2,1-2H3. The maximum absolute atomic E-state index is 11.8. The maximum Gasteiger partial charge on any atom is 0.342 e. The quantitative estimate of drug-likeness (QED) is 0.806. The van der Waals surface area contributed by atoms with Gasteiger partial charge in [-0.25, -0.2) is 4.79 Å². The van der Waals surface area contributed by atoms with Crippen molar-refractivity contribution in [2.45, 2.75) is 25.4 Å². The highest BCUT2D eigenvalue weighted by atomic mass is 16.5. The van der Waals surface area contributed by atoms with Crippen LogP contribution in [0.4, 0.5) is 0 Å². The van der Waals surface area contributed by atoms with E-state index in [-0.39, 0.29) is 6.61 Å². The van der Waals surface area contributed by atoms with Crippen LogP contribution in [0.1, 0.15) is 24.5 Å². The van der Waals surface area contributed by atoms with Gasteiger partial charge in [0.15, 0.2) is 5.60 Å². The summed E-state index contributed by atoms with van der Waals surface area (Å²) in [6, 6.07) is 5.42. The Morgan fingerprint density at radius 2 is 2.29 bits per heavy atom. The lowest BCUT2D eigenvalue weighted by atomic mass is 9.96. The summed E-state index contributed by atoms with van der Waals surface area (Å²) >= 11 is 0. The van der Waals surface area contributed by atoms with Crippen LogP contribution in [0.2, 0.25) is 0 Å². The number of esters is 1. The molecule has 1 atom stereocenters. The van der Waals surface area contributed by atoms with E-state index in [1.165, 1.54) is 0 Å². The van der Waals surface area contributed by atoms with Crippen LogP contribution >= 0.6 is 0 Å². The SMILES string of the molecule is CCOC(=O)C1(O)CCc2ccc(OC)cc21. The van der Waals surface area contributed by atoms with E-state index in [9.17, 15) is 9.90 Å². The number of carbonyl (C=O) groups excluding carboxylic acids is 1. The van der Waals surface area contributed by atoms with Gasteiger partial charge in [0.2, 0.25) is 0 Å². The minimum absolute atomic E-state index is 0.264. The molecule has 0 amide bonds. The third-order valence-electron chi connectivity index (χ3n) is 3.13. The molecule has 1 unspecified atom stereocenters. The van der Waals surface area contributed by atoms with Crippen LogP contribution in [-0.4, -0.2) is 24.8 Å². The van der Waals surface area contributed by atoms with Gasteiger partial charge in [-0.1, -0.05) is 6.07 Å². The van der Waals surface area contributed by atoms with Gasteiger partial charge in [-0.15, -0.1) is 0 Å². The predicted molar refractivity (Wildman–Crippen MR) is 61.8 cm³/mol. The van der Waals surface area contributed by atoms with E-state index in [1.807, 2.05) is 12.1 Å². The first kappa shape index (κ1) is 11.9. The lowest BCUT2D eigenvalue weighted by Crippen LogP contribution is -2.35. The predicted octanol–water partition coefficient (Wildman–Crippen LogP) is 1.39. The highest BCUT2D eigenvalue weighted by molar-refractivity contribution is 5.83. The van der Waals surface area contributed by atoms with Crippen molar-refractivity contribution in [1.82, 2.24) is 0 Å². The molecule has 0 aromatic heterocycles. The summed E-state index contributed by atoms with van der Waals surface area (Å²) in [4.78, 5) is 11.8. The number of rotatable bonds is 3. The zero-order chi connectivity index (χ0) is 12.5. The first-order valence-electron chi connectivity index (χ1n) is 5.69. The number of carbonyl (C=O) groups is 1. The number of benzene rings is 1. The van der Waals surface area contributed by atoms with Crippen LogP contribution in [0.25, 0.3) is 0 Å². The number of methoxy groups -OCH3 is 1. The summed E-state index contributed by atoms with van der Waals surface area (Å²) in [6.07, 6.45) is 1.04. The highest BCUT2D eigenvalue weighted by Gasteiger charge is 2.45. The number of fused-ring (bicyclic) bond motifs is 1. The van der Waals surface area contributed by atoms with Crippen LogP contribution < -0.4 is 4.74 Å². The Morgan fingerprint density at radius 3 is 2.94 bits per heavy atom. The topological polar surface area (TPSA) is 55.8 Å². The molecule has 0 fully saturated rings. The molecule has 1 N–H and O–H groups in total. The van der Waals surface area contributed by atoms with Gasteiger partial charge < -0.3 is 14.6 Å². The summed E-state index contributed by atoms with van der Waals surface area (Å²) < 4.78 is 10.0. The van der Waals surface area contributed by atoms with Crippen molar-refractivity contribution in [2.24, 2.45) is 0 Å². The number of aryl methyl sites for hydroxylation is 1. The van der Waals surface area contributed by atoms with E-state index in [1.54, 1.807) is 20.1 Å². The van der Waals surface area contributed by atoms with Gasteiger partial charge in [0.1, 0.15) is 5.75 Å². The van der Waals surface area contributed by atoms with Crippen LogP contribution in [0.3, 0.4) is 0 Å². The highest BCUT2D eigenvalue weighted by Crippen LogP contribution is 2.39. The summed E-state index contributed by atoms with van der Waals surface area (Å²) in [5, 5.41) is 10.4. The van der Waals surface area contributed by atoms with Crippen molar-refractivity contribution in [1.29, 1.82) is 0 Å². The molecular formula is C13H16O4. The normalized spacial score (nSPS) is 22.1. The fourth-order valence-corrected chi connectivity index (χ4v) is 2.20. The molecule has 0 saturated carbocycles. The fourth-order valence-electron chi connectivity index (χ4n) is 2.20. The van der Waals surface area contributed by atoms with Crippen LogP contribution in [0.15, 0.2) is 18.2 Å². The number of ether oxygens (including phenoxy) is 2. The second-order valence-corrected chi connectivity index (χ2v) is 4.10. The molecule has 0 heterocycles. The monoisotopic (exact) mass is 236 g/mol. The van der Waals surface area contributed by atoms with E-state index in [2.05, 4.69) is 0 Å². The van der Waals surface area contributed by atoms with E-state index in [4.69, 9.17) is 9.47 Å². The summed E-state index contributed by atoms with van der Waals surface area (Å²) in [7, 11) is 1.56. The minimum atomic E-state index is -1.51. The van der Waals surface area contributed by atoms with Crippen LogP contribution in [0.5, 0.6) is 5.75 Å². The zero-order valence-electron chi connectivity index (χ0n) is 10.0. The Bertz CT molecular complexity index is 441. The number of hydrogen-bond acceptors (Lipinski definition) is 4. The van der Waals surface area contributed by atoms with Gasteiger partial charge in [-0.05, 0) is 37.5 Å². The van der Waals surface area contributed by atoms with Crippen molar-refractivity contribution in [3.05, 3.63) is 29.3 Å². The van der Waals surface area contributed by atoms with Crippen LogP contribution in [-0.2, 0) is 21.6 Å². The Hall–Kier alpha value is -1.55. The van der Waals surface area contributed by atoms with Crippen molar-refractivity contribution in [3.63, 3.8) is 0 Å². The average Bonchev–Trinajstić information content (AvgIpc) is 2.68. The van der Waals surface area contributed by atoms with Crippen molar-refractivity contribution < 1.29 is 19.4 Å². The Labute approximate surface area is 100 Å². The van der Waals surface area contributed by atoms with Gasteiger partial charge >= 0.3 is 5.97 Å². The molecule has 17 heavy (non-hydrogen) atoms. The summed E-state index contributed by atoms with van der Waals surface area (Å²) in [5.41, 5.74) is 0.0662. The van der Waals surface area contributed by atoms with E-state index < -0.39 is 11.6 Å². The Morgan fingerprint density at radius 1 is 1.53 bits per heavy atom. The van der Waals surface area contributed by atoms with E-state index in [0.29, 0.717) is 24.2 Å². The molecule has 4 nitrogen and oxygen atoms in total. The third kappa shape index (κ3) is 1.89. The lowest BCUT2D eigenvalue weighted by molar-refractivity contribution is -0.166. The molecule has 0 spiro atoms. The molecule has 1 aromatic carbocycles. The summed E-state index contributed by atoms with van der Waals surface area (Å²) in [5.74, 6) is 0.0559. The second kappa shape index (κ2) is 4.37. The molecule has 0 bridgehead atoms. The molecule has 1 aromatic rings.